The minimum absolute atomic E-state index is 0.227. The summed E-state index contributed by atoms with van der Waals surface area (Å²) in [5.74, 6) is 0. The number of likely N-dealkylation sites (tertiary alicyclic amines) is 1. The van der Waals surface area contributed by atoms with Gasteiger partial charge in [-0.3, -0.25) is 0 Å². The molecule has 18 heavy (non-hydrogen) atoms. The van der Waals surface area contributed by atoms with Crippen LogP contribution in [0.3, 0.4) is 0 Å². The lowest BCUT2D eigenvalue weighted by Gasteiger charge is -2.25. The van der Waals surface area contributed by atoms with Crippen LogP contribution in [0.2, 0.25) is 0 Å². The van der Waals surface area contributed by atoms with Gasteiger partial charge >= 0.3 is 6.09 Å². The quantitative estimate of drug-likeness (QED) is 0.803. The van der Waals surface area contributed by atoms with Crippen LogP contribution in [0.1, 0.15) is 30.4 Å². The second-order valence-corrected chi connectivity index (χ2v) is 4.41. The van der Waals surface area contributed by atoms with Crippen molar-refractivity contribution in [3.63, 3.8) is 0 Å². The predicted octanol–water partition coefficient (Wildman–Crippen LogP) is 2.68. The smallest absolute Gasteiger partial charge is 0.410 e. The Hall–Kier alpha value is -2.02. The molecule has 1 aromatic rings. The molecule has 1 aliphatic heterocycles. The van der Waals surface area contributed by atoms with Crippen molar-refractivity contribution in [1.29, 1.82) is 5.26 Å². The van der Waals surface area contributed by atoms with Crippen LogP contribution in [0.5, 0.6) is 0 Å². The number of rotatable bonds is 2. The Morgan fingerprint density at radius 3 is 2.83 bits per heavy atom. The van der Waals surface area contributed by atoms with Gasteiger partial charge in [-0.2, -0.15) is 5.26 Å². The number of amides is 1. The molecule has 0 aliphatic carbocycles. The molecule has 1 heterocycles. The lowest BCUT2D eigenvalue weighted by Crippen LogP contribution is -2.35. The summed E-state index contributed by atoms with van der Waals surface area (Å²) in [5, 5.41) is 8.78. The van der Waals surface area contributed by atoms with Crippen molar-refractivity contribution < 1.29 is 9.53 Å². The number of ether oxygens (including phenoxy) is 1. The summed E-state index contributed by atoms with van der Waals surface area (Å²) >= 11 is 0. The van der Waals surface area contributed by atoms with Crippen molar-refractivity contribution in [3.05, 3.63) is 35.4 Å². The van der Waals surface area contributed by atoms with Gasteiger partial charge in [-0.25, -0.2) is 4.79 Å². The molecule has 4 nitrogen and oxygen atoms in total. The predicted molar refractivity (Wildman–Crippen MR) is 66.8 cm³/mol. The molecule has 1 aliphatic rings. The van der Waals surface area contributed by atoms with Gasteiger partial charge in [0, 0.05) is 13.1 Å². The molecule has 0 atom stereocenters. The van der Waals surface area contributed by atoms with Crippen LogP contribution in [0.25, 0.3) is 0 Å². The van der Waals surface area contributed by atoms with Gasteiger partial charge in [0.15, 0.2) is 0 Å². The van der Waals surface area contributed by atoms with E-state index in [9.17, 15) is 4.79 Å². The second kappa shape index (κ2) is 6.06. The summed E-state index contributed by atoms with van der Waals surface area (Å²) in [5.41, 5.74) is 1.43. The number of carbonyl (C=O) groups is 1. The zero-order valence-corrected chi connectivity index (χ0v) is 10.3. The van der Waals surface area contributed by atoms with Gasteiger partial charge in [-0.05, 0) is 37.0 Å². The monoisotopic (exact) mass is 244 g/mol. The first kappa shape index (κ1) is 12.4. The van der Waals surface area contributed by atoms with E-state index in [1.54, 1.807) is 23.1 Å². The van der Waals surface area contributed by atoms with Crippen LogP contribution in [-0.4, -0.2) is 24.1 Å². The Balaban J connectivity index is 1.86. The highest BCUT2D eigenvalue weighted by Crippen LogP contribution is 2.11. The van der Waals surface area contributed by atoms with Crippen molar-refractivity contribution in [2.45, 2.75) is 25.9 Å². The van der Waals surface area contributed by atoms with E-state index in [-0.39, 0.29) is 12.7 Å². The Labute approximate surface area is 107 Å². The van der Waals surface area contributed by atoms with Crippen LogP contribution in [0.4, 0.5) is 4.79 Å². The zero-order chi connectivity index (χ0) is 12.8. The SMILES string of the molecule is N#Cc1cccc(COC(=O)N2CCCCC2)c1. The van der Waals surface area contributed by atoms with E-state index in [0.717, 1.165) is 31.5 Å². The first-order chi connectivity index (χ1) is 8.79. The Bertz CT molecular complexity index is 459. The Morgan fingerprint density at radius 1 is 1.33 bits per heavy atom. The Kier molecular flexibility index (Phi) is 4.19. The molecule has 94 valence electrons. The van der Waals surface area contributed by atoms with Crippen LogP contribution in [0, 0.1) is 11.3 Å². The largest absolute Gasteiger partial charge is 0.445 e. The first-order valence-corrected chi connectivity index (χ1v) is 6.20. The minimum atomic E-state index is -0.253. The van der Waals surface area contributed by atoms with E-state index in [1.807, 2.05) is 6.07 Å². The zero-order valence-electron chi connectivity index (χ0n) is 10.3. The number of hydrogen-bond donors (Lipinski definition) is 0. The number of benzene rings is 1. The summed E-state index contributed by atoms with van der Waals surface area (Å²) in [6.07, 6.45) is 3.04. The van der Waals surface area contributed by atoms with E-state index in [0.29, 0.717) is 5.56 Å². The highest BCUT2D eigenvalue weighted by molar-refractivity contribution is 5.67. The minimum Gasteiger partial charge on any atom is -0.445 e. The van der Waals surface area contributed by atoms with Gasteiger partial charge in [0.1, 0.15) is 6.61 Å². The van der Waals surface area contributed by atoms with Crippen molar-refractivity contribution in [2.24, 2.45) is 0 Å². The maximum atomic E-state index is 11.8. The molecular formula is C14H16N2O2. The maximum absolute atomic E-state index is 11.8. The molecule has 0 aromatic heterocycles. The highest BCUT2D eigenvalue weighted by atomic mass is 16.6. The number of hydrogen-bond acceptors (Lipinski definition) is 3. The average Bonchev–Trinajstić information content (AvgIpc) is 2.46. The molecule has 0 N–H and O–H groups in total. The van der Waals surface area contributed by atoms with Crippen molar-refractivity contribution >= 4 is 6.09 Å². The van der Waals surface area contributed by atoms with Gasteiger partial charge in [-0.1, -0.05) is 12.1 Å². The number of carbonyl (C=O) groups excluding carboxylic acids is 1. The van der Waals surface area contributed by atoms with Gasteiger partial charge in [0.05, 0.1) is 11.6 Å². The van der Waals surface area contributed by atoms with Crippen molar-refractivity contribution in [1.82, 2.24) is 4.90 Å². The molecule has 0 spiro atoms. The van der Waals surface area contributed by atoms with Gasteiger partial charge in [0.2, 0.25) is 0 Å². The van der Waals surface area contributed by atoms with Crippen LogP contribution < -0.4 is 0 Å². The summed E-state index contributed by atoms with van der Waals surface area (Å²) in [7, 11) is 0. The first-order valence-electron chi connectivity index (χ1n) is 6.20. The van der Waals surface area contributed by atoms with Gasteiger partial charge < -0.3 is 9.64 Å². The lowest BCUT2D eigenvalue weighted by molar-refractivity contribution is 0.0894. The molecule has 1 saturated heterocycles. The fraction of sp³-hybridized carbons (Fsp3) is 0.429. The fourth-order valence-corrected chi connectivity index (χ4v) is 2.04. The second-order valence-electron chi connectivity index (χ2n) is 4.41. The summed E-state index contributed by atoms with van der Waals surface area (Å²) < 4.78 is 5.24. The topological polar surface area (TPSA) is 53.3 Å². The van der Waals surface area contributed by atoms with Crippen LogP contribution in [0.15, 0.2) is 24.3 Å². The maximum Gasteiger partial charge on any atom is 0.410 e. The van der Waals surface area contributed by atoms with E-state index < -0.39 is 0 Å². The third-order valence-corrected chi connectivity index (χ3v) is 3.03. The average molecular weight is 244 g/mol. The van der Waals surface area contributed by atoms with E-state index in [2.05, 4.69) is 6.07 Å². The van der Waals surface area contributed by atoms with Gasteiger partial charge in [-0.15, -0.1) is 0 Å². The number of nitriles is 1. The van der Waals surface area contributed by atoms with Crippen molar-refractivity contribution in [2.75, 3.05) is 13.1 Å². The highest BCUT2D eigenvalue weighted by Gasteiger charge is 2.17. The van der Waals surface area contributed by atoms with E-state index in [4.69, 9.17) is 10.00 Å². The molecule has 0 radical (unpaired) electrons. The summed E-state index contributed by atoms with van der Waals surface area (Å²) in [4.78, 5) is 13.5. The lowest BCUT2D eigenvalue weighted by atomic mass is 10.1. The van der Waals surface area contributed by atoms with Crippen molar-refractivity contribution in [3.8, 4) is 6.07 Å². The molecule has 0 bridgehead atoms. The normalized spacial score (nSPS) is 14.9. The molecule has 1 fully saturated rings. The fourth-order valence-electron chi connectivity index (χ4n) is 2.04. The summed E-state index contributed by atoms with van der Waals surface area (Å²) in [6, 6.07) is 9.18. The van der Waals surface area contributed by atoms with Crippen LogP contribution in [-0.2, 0) is 11.3 Å². The molecule has 1 aromatic carbocycles. The number of nitrogens with zero attached hydrogens (tertiary/aromatic N) is 2. The van der Waals surface area contributed by atoms with E-state index >= 15 is 0 Å². The van der Waals surface area contributed by atoms with Gasteiger partial charge in [0.25, 0.3) is 0 Å². The van der Waals surface area contributed by atoms with Crippen LogP contribution >= 0.6 is 0 Å². The van der Waals surface area contributed by atoms with E-state index in [1.165, 1.54) is 6.42 Å². The standard InChI is InChI=1S/C14H16N2O2/c15-10-12-5-4-6-13(9-12)11-18-14(17)16-7-2-1-3-8-16/h4-6,9H,1-3,7-8,11H2. The molecule has 1 amide bonds. The number of piperidine rings is 1. The molecule has 0 unspecified atom stereocenters. The molecule has 4 heteroatoms. The molecule has 2 rings (SSSR count). The third kappa shape index (κ3) is 3.24. The molecule has 0 saturated carbocycles. The molecular weight excluding hydrogens is 228 g/mol. The summed E-state index contributed by atoms with van der Waals surface area (Å²) in [6.45, 7) is 1.80. The third-order valence-electron chi connectivity index (χ3n) is 3.03. The Morgan fingerprint density at radius 2 is 2.11 bits per heavy atom.